The van der Waals surface area contributed by atoms with Crippen LogP contribution >= 0.6 is 0 Å². The summed E-state index contributed by atoms with van der Waals surface area (Å²) < 4.78 is 5.51. The van der Waals surface area contributed by atoms with E-state index in [9.17, 15) is 0 Å². The van der Waals surface area contributed by atoms with Gasteiger partial charge in [0.1, 0.15) is 0 Å². The molecule has 0 saturated heterocycles. The minimum absolute atomic E-state index is 0.193. The van der Waals surface area contributed by atoms with E-state index in [0.717, 1.165) is 38.4 Å². The van der Waals surface area contributed by atoms with E-state index in [1.165, 1.54) is 6.42 Å². The van der Waals surface area contributed by atoms with E-state index in [-0.39, 0.29) is 5.41 Å². The minimum Gasteiger partial charge on any atom is -0.381 e. The van der Waals surface area contributed by atoms with Gasteiger partial charge in [0.15, 0.2) is 0 Å². The molecule has 2 nitrogen and oxygen atoms in total. The van der Waals surface area contributed by atoms with Crippen molar-refractivity contribution in [3.8, 4) is 6.07 Å². The van der Waals surface area contributed by atoms with E-state index in [2.05, 4.69) is 19.9 Å². The molecule has 0 fully saturated rings. The number of hydrogen-bond acceptors (Lipinski definition) is 2. The van der Waals surface area contributed by atoms with Gasteiger partial charge in [0.25, 0.3) is 0 Å². The van der Waals surface area contributed by atoms with Crippen molar-refractivity contribution < 1.29 is 4.74 Å². The van der Waals surface area contributed by atoms with Crippen LogP contribution in [0.1, 0.15) is 53.4 Å². The lowest BCUT2D eigenvalue weighted by Crippen LogP contribution is -2.09. The van der Waals surface area contributed by atoms with Crippen LogP contribution in [0.5, 0.6) is 0 Å². The summed E-state index contributed by atoms with van der Waals surface area (Å²) in [6.45, 7) is 10.1. The summed E-state index contributed by atoms with van der Waals surface area (Å²) in [5.41, 5.74) is -0.193. The van der Waals surface area contributed by atoms with Crippen LogP contribution in [-0.4, -0.2) is 13.2 Å². The second-order valence-electron chi connectivity index (χ2n) is 5.25. The highest BCUT2D eigenvalue weighted by atomic mass is 16.5. The van der Waals surface area contributed by atoms with Crippen molar-refractivity contribution in [1.82, 2.24) is 0 Å². The SMILES string of the molecule is CC(C)CCCOCCCC(C)(C)C#N. The van der Waals surface area contributed by atoms with Gasteiger partial charge in [-0.25, -0.2) is 0 Å². The molecule has 0 saturated carbocycles. The molecule has 0 unspecified atom stereocenters. The van der Waals surface area contributed by atoms with Gasteiger partial charge in [-0.05, 0) is 45.4 Å². The largest absolute Gasteiger partial charge is 0.381 e. The van der Waals surface area contributed by atoms with Gasteiger partial charge in [0.2, 0.25) is 0 Å². The molecule has 0 heterocycles. The summed E-state index contributed by atoms with van der Waals surface area (Å²) in [6.07, 6.45) is 4.30. The predicted octanol–water partition coefficient (Wildman–Crippen LogP) is 3.77. The molecule has 0 rings (SSSR count). The Morgan fingerprint density at radius 2 is 1.80 bits per heavy atom. The average molecular weight is 211 g/mol. The van der Waals surface area contributed by atoms with Crippen LogP contribution in [0.15, 0.2) is 0 Å². The van der Waals surface area contributed by atoms with Crippen LogP contribution in [0.3, 0.4) is 0 Å². The summed E-state index contributed by atoms with van der Waals surface area (Å²) in [5, 5.41) is 8.81. The Balaban J connectivity index is 3.23. The molecule has 0 aromatic heterocycles. The zero-order valence-electron chi connectivity index (χ0n) is 10.7. The molecular weight excluding hydrogens is 186 g/mol. The van der Waals surface area contributed by atoms with Crippen molar-refractivity contribution in [1.29, 1.82) is 5.26 Å². The number of ether oxygens (including phenoxy) is 1. The Morgan fingerprint density at radius 3 is 2.33 bits per heavy atom. The van der Waals surface area contributed by atoms with E-state index in [1.54, 1.807) is 0 Å². The predicted molar refractivity (Wildman–Crippen MR) is 63.5 cm³/mol. The van der Waals surface area contributed by atoms with Crippen LogP contribution in [0.25, 0.3) is 0 Å². The third-order valence-corrected chi connectivity index (χ3v) is 2.46. The summed E-state index contributed by atoms with van der Waals surface area (Å²) in [5.74, 6) is 0.770. The minimum atomic E-state index is -0.193. The second-order valence-corrected chi connectivity index (χ2v) is 5.25. The molecule has 0 atom stereocenters. The molecule has 0 aliphatic heterocycles. The molecule has 0 aliphatic carbocycles. The molecule has 15 heavy (non-hydrogen) atoms. The van der Waals surface area contributed by atoms with Crippen molar-refractivity contribution in [2.24, 2.45) is 11.3 Å². The molecular formula is C13H25NO. The zero-order valence-corrected chi connectivity index (χ0v) is 10.7. The molecule has 0 amide bonds. The van der Waals surface area contributed by atoms with Crippen LogP contribution in [0.2, 0.25) is 0 Å². The van der Waals surface area contributed by atoms with Gasteiger partial charge in [-0.2, -0.15) is 5.26 Å². The van der Waals surface area contributed by atoms with Crippen LogP contribution in [-0.2, 0) is 4.74 Å². The Labute approximate surface area is 94.6 Å². The molecule has 0 N–H and O–H groups in total. The molecule has 0 aromatic carbocycles. The van der Waals surface area contributed by atoms with Gasteiger partial charge in [-0.15, -0.1) is 0 Å². The van der Waals surface area contributed by atoms with E-state index < -0.39 is 0 Å². The molecule has 0 spiro atoms. The van der Waals surface area contributed by atoms with Crippen LogP contribution < -0.4 is 0 Å². The topological polar surface area (TPSA) is 33.0 Å². The van der Waals surface area contributed by atoms with Gasteiger partial charge in [-0.1, -0.05) is 13.8 Å². The third kappa shape index (κ3) is 9.75. The highest BCUT2D eigenvalue weighted by molar-refractivity contribution is 4.91. The van der Waals surface area contributed by atoms with E-state index in [0.29, 0.717) is 0 Å². The number of nitriles is 1. The molecule has 0 bridgehead atoms. The molecule has 88 valence electrons. The van der Waals surface area contributed by atoms with Gasteiger partial charge < -0.3 is 4.74 Å². The average Bonchev–Trinajstić information content (AvgIpc) is 2.16. The fraction of sp³-hybridized carbons (Fsp3) is 0.923. The first-order valence-corrected chi connectivity index (χ1v) is 5.97. The Morgan fingerprint density at radius 1 is 1.20 bits per heavy atom. The molecule has 0 aromatic rings. The summed E-state index contributed by atoms with van der Waals surface area (Å²) in [6, 6.07) is 2.30. The number of hydrogen-bond donors (Lipinski definition) is 0. The van der Waals surface area contributed by atoms with Crippen molar-refractivity contribution in [2.45, 2.75) is 53.4 Å². The Hall–Kier alpha value is -0.550. The fourth-order valence-corrected chi connectivity index (χ4v) is 1.37. The lowest BCUT2D eigenvalue weighted by atomic mass is 9.90. The zero-order chi connectivity index (χ0) is 11.7. The standard InChI is InChI=1S/C13H25NO/c1-12(2)7-5-9-15-10-6-8-13(3,4)11-14/h12H,5-10H2,1-4H3. The molecule has 0 radical (unpaired) electrons. The maximum Gasteiger partial charge on any atom is 0.0683 e. The summed E-state index contributed by atoms with van der Waals surface area (Å²) >= 11 is 0. The quantitative estimate of drug-likeness (QED) is 0.572. The Kier molecular flexibility index (Phi) is 7.42. The van der Waals surface area contributed by atoms with Crippen molar-refractivity contribution in [3.63, 3.8) is 0 Å². The van der Waals surface area contributed by atoms with Crippen molar-refractivity contribution >= 4 is 0 Å². The summed E-state index contributed by atoms with van der Waals surface area (Å²) in [7, 11) is 0. The summed E-state index contributed by atoms with van der Waals surface area (Å²) in [4.78, 5) is 0. The first kappa shape index (κ1) is 14.5. The van der Waals surface area contributed by atoms with Gasteiger partial charge in [-0.3, -0.25) is 0 Å². The lowest BCUT2D eigenvalue weighted by molar-refractivity contribution is 0.119. The van der Waals surface area contributed by atoms with Crippen molar-refractivity contribution in [3.05, 3.63) is 0 Å². The number of nitrogens with zero attached hydrogens (tertiary/aromatic N) is 1. The lowest BCUT2D eigenvalue weighted by Gasteiger charge is -2.14. The Bertz CT molecular complexity index is 191. The second kappa shape index (κ2) is 7.70. The first-order chi connectivity index (χ1) is 6.98. The van der Waals surface area contributed by atoms with Gasteiger partial charge in [0.05, 0.1) is 11.5 Å². The smallest absolute Gasteiger partial charge is 0.0683 e. The maximum absolute atomic E-state index is 8.81. The van der Waals surface area contributed by atoms with E-state index in [4.69, 9.17) is 10.00 Å². The molecule has 0 aliphatic rings. The highest BCUT2D eigenvalue weighted by Crippen LogP contribution is 2.20. The molecule has 2 heteroatoms. The fourth-order valence-electron chi connectivity index (χ4n) is 1.37. The number of rotatable bonds is 8. The van der Waals surface area contributed by atoms with E-state index in [1.807, 2.05) is 13.8 Å². The highest BCUT2D eigenvalue weighted by Gasteiger charge is 2.15. The van der Waals surface area contributed by atoms with Crippen LogP contribution in [0, 0.1) is 22.7 Å². The van der Waals surface area contributed by atoms with Crippen LogP contribution in [0.4, 0.5) is 0 Å². The first-order valence-electron chi connectivity index (χ1n) is 5.97. The third-order valence-electron chi connectivity index (χ3n) is 2.46. The van der Waals surface area contributed by atoms with Crippen molar-refractivity contribution in [2.75, 3.05) is 13.2 Å². The normalized spacial score (nSPS) is 11.7. The monoisotopic (exact) mass is 211 g/mol. The maximum atomic E-state index is 8.81. The van der Waals surface area contributed by atoms with Gasteiger partial charge in [0, 0.05) is 13.2 Å². The van der Waals surface area contributed by atoms with E-state index >= 15 is 0 Å². The van der Waals surface area contributed by atoms with Gasteiger partial charge >= 0.3 is 0 Å².